The van der Waals surface area contributed by atoms with E-state index >= 15 is 0 Å². The van der Waals surface area contributed by atoms with Crippen LogP contribution in [0.3, 0.4) is 0 Å². The second kappa shape index (κ2) is 4.45. The second-order valence-electron chi connectivity index (χ2n) is 4.84. The molecule has 0 radical (unpaired) electrons. The number of fused-ring (bicyclic) bond motifs is 1. The van der Waals surface area contributed by atoms with Gasteiger partial charge in [-0.25, -0.2) is 4.98 Å². The molecule has 2 aromatic rings. The van der Waals surface area contributed by atoms with Crippen molar-refractivity contribution in [2.75, 3.05) is 0 Å². The zero-order chi connectivity index (χ0) is 14.5. The Morgan fingerprint density at radius 3 is 2.50 bits per heavy atom. The predicted molar refractivity (Wildman–Crippen MR) is 71.1 cm³/mol. The number of hydrogen-bond donors (Lipinski definition) is 0. The summed E-state index contributed by atoms with van der Waals surface area (Å²) < 4.78 is 40.1. The van der Waals surface area contributed by atoms with E-state index in [1.54, 1.807) is 12.1 Å². The van der Waals surface area contributed by atoms with Crippen LogP contribution in [0.15, 0.2) is 22.7 Å². The topological polar surface area (TPSA) is 36.7 Å². The maximum absolute atomic E-state index is 13.2. The Balaban J connectivity index is 2.37. The third-order valence-corrected chi connectivity index (χ3v) is 4.01. The summed E-state index contributed by atoms with van der Waals surface area (Å²) in [7, 11) is 0. The lowest BCUT2D eigenvalue weighted by molar-refractivity contribution is -0.136. The fourth-order valence-corrected chi connectivity index (χ4v) is 2.75. The van der Waals surface area contributed by atoms with Crippen LogP contribution in [0, 0.1) is 11.3 Å². The summed E-state index contributed by atoms with van der Waals surface area (Å²) in [5.74, 6) is 0.211. The van der Waals surface area contributed by atoms with Gasteiger partial charge in [-0.1, -0.05) is 0 Å². The average molecular weight is 341 g/mol. The van der Waals surface area contributed by atoms with Gasteiger partial charge >= 0.3 is 6.18 Å². The number of rotatable bonds is 1. The molecule has 0 unspecified atom stereocenters. The molecule has 3 rings (SSSR count). The molecule has 1 fully saturated rings. The minimum absolute atomic E-state index is 0.0333. The van der Waals surface area contributed by atoms with Gasteiger partial charge in [0.15, 0.2) is 0 Å². The van der Waals surface area contributed by atoms with Crippen molar-refractivity contribution < 1.29 is 13.2 Å². The molecule has 0 atom stereocenters. The first kappa shape index (κ1) is 13.4. The highest BCUT2D eigenvalue weighted by Gasteiger charge is 2.36. The number of aromatic nitrogens is 1. The van der Waals surface area contributed by atoms with Crippen LogP contribution >= 0.6 is 15.9 Å². The van der Waals surface area contributed by atoms with E-state index in [0.717, 1.165) is 12.8 Å². The minimum Gasteiger partial charge on any atom is -0.236 e. The van der Waals surface area contributed by atoms with Crippen LogP contribution in [0.1, 0.15) is 35.6 Å². The molecule has 20 heavy (non-hydrogen) atoms. The van der Waals surface area contributed by atoms with Crippen LogP contribution in [-0.4, -0.2) is 4.98 Å². The van der Waals surface area contributed by atoms with Gasteiger partial charge in [0.25, 0.3) is 0 Å². The number of benzene rings is 1. The van der Waals surface area contributed by atoms with Gasteiger partial charge in [-0.05, 0) is 58.5 Å². The van der Waals surface area contributed by atoms with Crippen molar-refractivity contribution in [2.24, 2.45) is 0 Å². The Bertz CT molecular complexity index is 743. The Morgan fingerprint density at radius 2 is 1.95 bits per heavy atom. The number of nitrogens with zero attached hydrogens (tertiary/aromatic N) is 2. The van der Waals surface area contributed by atoms with E-state index in [4.69, 9.17) is 5.26 Å². The van der Waals surface area contributed by atoms with Gasteiger partial charge < -0.3 is 0 Å². The fourth-order valence-electron chi connectivity index (χ4n) is 2.24. The Labute approximate surface area is 121 Å². The fraction of sp³-hybridized carbons (Fsp3) is 0.286. The van der Waals surface area contributed by atoms with E-state index in [-0.39, 0.29) is 17.1 Å². The summed E-state index contributed by atoms with van der Waals surface area (Å²) in [6.45, 7) is 0. The molecule has 0 amide bonds. The van der Waals surface area contributed by atoms with E-state index in [9.17, 15) is 13.2 Å². The van der Waals surface area contributed by atoms with Crippen LogP contribution < -0.4 is 0 Å². The second-order valence-corrected chi connectivity index (χ2v) is 5.69. The third kappa shape index (κ3) is 2.27. The molecular weight excluding hydrogens is 333 g/mol. The molecule has 0 spiro atoms. The number of halogens is 4. The zero-order valence-electron chi connectivity index (χ0n) is 10.1. The molecule has 1 heterocycles. The molecule has 1 saturated carbocycles. The summed E-state index contributed by atoms with van der Waals surface area (Å²) in [6.07, 6.45) is -2.64. The molecule has 1 aliphatic rings. The standard InChI is InChI=1S/C14H8BrF3N2/c15-12-5-9(6-19)20-13-10(12)3-8(7-1-2-7)4-11(13)14(16,17)18/h3-5,7H,1-2H2. The summed E-state index contributed by atoms with van der Waals surface area (Å²) in [5.41, 5.74) is -0.284. The Morgan fingerprint density at radius 1 is 1.25 bits per heavy atom. The predicted octanol–water partition coefficient (Wildman–Crippen LogP) is 4.77. The number of alkyl halides is 3. The smallest absolute Gasteiger partial charge is 0.236 e. The number of nitriles is 1. The van der Waals surface area contributed by atoms with Crippen LogP contribution in [-0.2, 0) is 6.18 Å². The summed E-state index contributed by atoms with van der Waals surface area (Å²) in [4.78, 5) is 3.83. The molecule has 102 valence electrons. The van der Waals surface area contributed by atoms with Gasteiger partial charge in [0.1, 0.15) is 11.8 Å². The monoisotopic (exact) mass is 340 g/mol. The quantitative estimate of drug-likeness (QED) is 0.750. The van der Waals surface area contributed by atoms with Gasteiger partial charge in [0, 0.05) is 9.86 Å². The van der Waals surface area contributed by atoms with Gasteiger partial charge in [-0.15, -0.1) is 0 Å². The van der Waals surface area contributed by atoms with E-state index in [1.807, 2.05) is 0 Å². The first-order valence-electron chi connectivity index (χ1n) is 6.01. The first-order valence-corrected chi connectivity index (χ1v) is 6.81. The van der Waals surface area contributed by atoms with Crippen molar-refractivity contribution in [2.45, 2.75) is 24.9 Å². The lowest BCUT2D eigenvalue weighted by atomic mass is 10.0. The van der Waals surface area contributed by atoms with Crippen LogP contribution in [0.4, 0.5) is 13.2 Å². The largest absolute Gasteiger partial charge is 0.418 e. The lowest BCUT2D eigenvalue weighted by Gasteiger charge is -2.13. The molecule has 0 saturated heterocycles. The molecular formula is C14H8BrF3N2. The van der Waals surface area contributed by atoms with Crippen LogP contribution in [0.25, 0.3) is 10.9 Å². The van der Waals surface area contributed by atoms with Gasteiger partial charge in [0.2, 0.25) is 0 Å². The molecule has 0 aliphatic heterocycles. The van der Waals surface area contributed by atoms with E-state index in [0.29, 0.717) is 15.4 Å². The molecule has 0 N–H and O–H groups in total. The molecule has 0 bridgehead atoms. The van der Waals surface area contributed by atoms with Crippen molar-refractivity contribution in [1.82, 2.24) is 4.98 Å². The highest BCUT2D eigenvalue weighted by Crippen LogP contribution is 2.45. The number of pyridine rings is 1. The SMILES string of the molecule is N#Cc1cc(Br)c2cc(C3CC3)cc(C(F)(F)F)c2n1. The van der Waals surface area contributed by atoms with Gasteiger partial charge in [-0.2, -0.15) is 18.4 Å². The minimum atomic E-state index is -4.48. The molecule has 1 aromatic heterocycles. The van der Waals surface area contributed by atoms with Crippen molar-refractivity contribution in [3.05, 3.63) is 39.5 Å². The maximum Gasteiger partial charge on any atom is 0.418 e. The number of hydrogen-bond acceptors (Lipinski definition) is 2. The molecule has 1 aliphatic carbocycles. The highest BCUT2D eigenvalue weighted by atomic mass is 79.9. The first-order chi connectivity index (χ1) is 9.40. The van der Waals surface area contributed by atoms with Crippen LogP contribution in [0.2, 0.25) is 0 Å². The summed E-state index contributed by atoms with van der Waals surface area (Å²) in [6, 6.07) is 6.13. The van der Waals surface area contributed by atoms with Crippen molar-refractivity contribution in [3.63, 3.8) is 0 Å². The van der Waals surface area contributed by atoms with E-state index in [2.05, 4.69) is 20.9 Å². The van der Waals surface area contributed by atoms with E-state index < -0.39 is 11.7 Å². The highest BCUT2D eigenvalue weighted by molar-refractivity contribution is 9.10. The summed E-state index contributed by atoms with van der Waals surface area (Å²) >= 11 is 3.23. The lowest BCUT2D eigenvalue weighted by Crippen LogP contribution is -2.08. The van der Waals surface area contributed by atoms with Crippen molar-refractivity contribution in [3.8, 4) is 6.07 Å². The van der Waals surface area contributed by atoms with E-state index in [1.165, 1.54) is 12.1 Å². The molecule has 1 aromatic carbocycles. The maximum atomic E-state index is 13.2. The zero-order valence-corrected chi connectivity index (χ0v) is 11.7. The molecule has 2 nitrogen and oxygen atoms in total. The van der Waals surface area contributed by atoms with Crippen LogP contribution in [0.5, 0.6) is 0 Å². The van der Waals surface area contributed by atoms with Crippen molar-refractivity contribution >= 4 is 26.8 Å². The van der Waals surface area contributed by atoms with Crippen molar-refractivity contribution in [1.29, 1.82) is 5.26 Å². The van der Waals surface area contributed by atoms with Gasteiger partial charge in [-0.3, -0.25) is 0 Å². The normalized spacial score (nSPS) is 15.3. The summed E-state index contributed by atoms with van der Waals surface area (Å²) in [5, 5.41) is 9.26. The van der Waals surface area contributed by atoms with Gasteiger partial charge in [0.05, 0.1) is 11.1 Å². The third-order valence-electron chi connectivity index (χ3n) is 3.35. The molecule has 6 heteroatoms. The Kier molecular flexibility index (Phi) is 2.98. The Hall–Kier alpha value is -1.61. The average Bonchev–Trinajstić information content (AvgIpc) is 3.20.